The van der Waals surface area contributed by atoms with Crippen LogP contribution in [0.3, 0.4) is 0 Å². The van der Waals surface area contributed by atoms with Crippen LogP contribution < -0.4 is 16.4 Å². The van der Waals surface area contributed by atoms with Crippen LogP contribution in [0.5, 0.6) is 0 Å². The van der Waals surface area contributed by atoms with E-state index >= 15 is 0 Å². The van der Waals surface area contributed by atoms with E-state index in [0.29, 0.717) is 49.2 Å². The summed E-state index contributed by atoms with van der Waals surface area (Å²) in [6.07, 6.45) is 5.86. The lowest BCUT2D eigenvalue weighted by Crippen LogP contribution is -2.41. The third kappa shape index (κ3) is 5.26. The number of imidazole rings is 1. The van der Waals surface area contributed by atoms with Gasteiger partial charge in [-0.2, -0.15) is 4.98 Å². The maximum absolute atomic E-state index is 14.6. The van der Waals surface area contributed by atoms with Crippen molar-refractivity contribution in [3.63, 3.8) is 0 Å². The molecule has 38 heavy (non-hydrogen) atoms. The Morgan fingerprint density at radius 3 is 2.47 bits per heavy atom. The van der Waals surface area contributed by atoms with Crippen LogP contribution in [0.1, 0.15) is 64.8 Å². The van der Waals surface area contributed by atoms with E-state index in [4.69, 9.17) is 22.3 Å². The molecule has 0 spiro atoms. The van der Waals surface area contributed by atoms with Crippen molar-refractivity contribution in [2.75, 3.05) is 10.6 Å². The quantitative estimate of drug-likeness (QED) is 0.339. The molecule has 9 nitrogen and oxygen atoms in total. The van der Waals surface area contributed by atoms with Gasteiger partial charge in [-0.3, -0.25) is 9.36 Å². The van der Waals surface area contributed by atoms with E-state index in [9.17, 15) is 18.7 Å². The highest BCUT2D eigenvalue weighted by molar-refractivity contribution is 6.30. The van der Waals surface area contributed by atoms with Gasteiger partial charge < -0.3 is 21.5 Å². The highest BCUT2D eigenvalue weighted by Gasteiger charge is 2.35. The van der Waals surface area contributed by atoms with Gasteiger partial charge >= 0.3 is 0 Å². The van der Waals surface area contributed by atoms with Crippen LogP contribution in [-0.2, 0) is 4.79 Å². The summed E-state index contributed by atoms with van der Waals surface area (Å²) >= 11 is 5.80. The molecule has 3 aromatic rings. The van der Waals surface area contributed by atoms with E-state index < -0.39 is 17.7 Å². The number of halogens is 3. The van der Waals surface area contributed by atoms with Crippen molar-refractivity contribution in [3.05, 3.63) is 35.0 Å². The van der Waals surface area contributed by atoms with Crippen LogP contribution in [0.15, 0.2) is 18.3 Å². The molecule has 2 atom stereocenters. The highest BCUT2D eigenvalue weighted by Crippen LogP contribution is 2.39. The number of nitrogens with two attached hydrogens (primary N) is 1. The molecule has 1 amide bonds. The molecule has 5 N–H and O–H groups in total. The number of hydrogen-bond acceptors (Lipinski definition) is 7. The third-order valence-electron chi connectivity index (χ3n) is 8.02. The van der Waals surface area contributed by atoms with Crippen molar-refractivity contribution in [2.45, 2.75) is 77.0 Å². The van der Waals surface area contributed by atoms with Crippen molar-refractivity contribution < 1.29 is 18.7 Å². The van der Waals surface area contributed by atoms with E-state index in [1.165, 1.54) is 0 Å². The minimum absolute atomic E-state index is 0.00714. The topological polar surface area (TPSA) is 131 Å². The number of nitrogens with one attached hydrogen (secondary N) is 2. The standard InChI is InChI=1S/C26H32ClF2N7O2/c1-26(2)8-7-15(11-20(26)37)32-24-31-12-19-23(35-24)36(16-5-3-13(4-6-16)22(30)38)25(33-19)34-21-17(28)9-14(27)10-18(21)29/h9-10,12-13,15-16,20,37H,3-8,11H2,1-2H3,(H2,30,38)(H,33,34)(H,31,32,35)/t13?,15?,16?,20-/m1/s1. The largest absolute Gasteiger partial charge is 0.392 e. The monoisotopic (exact) mass is 547 g/mol. The molecule has 2 fully saturated rings. The maximum Gasteiger partial charge on any atom is 0.224 e. The van der Waals surface area contributed by atoms with E-state index in [2.05, 4.69) is 34.4 Å². The van der Waals surface area contributed by atoms with Gasteiger partial charge in [-0.15, -0.1) is 0 Å². The molecule has 2 aliphatic rings. The predicted molar refractivity (Wildman–Crippen MR) is 141 cm³/mol. The number of primary amides is 1. The molecular formula is C26H32ClF2N7O2. The Morgan fingerprint density at radius 1 is 1.16 bits per heavy atom. The summed E-state index contributed by atoms with van der Waals surface area (Å²) in [6.45, 7) is 4.12. The Bertz CT molecular complexity index is 1330. The van der Waals surface area contributed by atoms with Gasteiger partial charge in [0, 0.05) is 23.0 Å². The molecule has 1 aromatic carbocycles. The molecule has 2 heterocycles. The number of rotatable bonds is 6. The number of aromatic nitrogens is 4. The third-order valence-corrected chi connectivity index (χ3v) is 8.24. The molecule has 2 saturated carbocycles. The molecule has 1 unspecified atom stereocenters. The van der Waals surface area contributed by atoms with Gasteiger partial charge in [-0.1, -0.05) is 25.4 Å². The highest BCUT2D eigenvalue weighted by atomic mass is 35.5. The average molecular weight is 548 g/mol. The molecule has 2 aromatic heterocycles. The van der Waals surface area contributed by atoms with E-state index in [1.54, 1.807) is 6.20 Å². The first-order valence-electron chi connectivity index (χ1n) is 12.9. The van der Waals surface area contributed by atoms with Crippen molar-refractivity contribution in [3.8, 4) is 0 Å². The number of aliphatic hydroxyl groups excluding tert-OH is 1. The Labute approximate surface area is 224 Å². The van der Waals surface area contributed by atoms with E-state index in [1.807, 2.05) is 4.57 Å². The second kappa shape index (κ2) is 10.3. The van der Waals surface area contributed by atoms with Gasteiger partial charge in [-0.05, 0) is 62.5 Å². The first-order valence-corrected chi connectivity index (χ1v) is 13.3. The zero-order valence-electron chi connectivity index (χ0n) is 21.3. The fraction of sp³-hybridized carbons (Fsp3) is 0.538. The number of nitrogens with zero attached hydrogens (tertiary/aromatic N) is 4. The van der Waals surface area contributed by atoms with Crippen LogP contribution in [0, 0.1) is 23.0 Å². The zero-order chi connectivity index (χ0) is 27.2. The molecule has 0 bridgehead atoms. The Kier molecular flexibility index (Phi) is 7.17. The van der Waals surface area contributed by atoms with Gasteiger partial charge in [0.05, 0.1) is 12.3 Å². The summed E-state index contributed by atoms with van der Waals surface area (Å²) in [6, 6.07) is 1.93. The zero-order valence-corrected chi connectivity index (χ0v) is 22.1. The second-order valence-corrected chi connectivity index (χ2v) is 11.5. The van der Waals surface area contributed by atoms with Gasteiger partial charge in [0.25, 0.3) is 0 Å². The SMILES string of the molecule is CC1(C)CCC(Nc2ncc3nc(Nc4c(F)cc(Cl)cc4F)n(C4CCC(C(N)=O)CC4)c3n2)C[C@H]1O. The summed E-state index contributed by atoms with van der Waals surface area (Å²) in [5.74, 6) is -1.64. The number of carbonyl (C=O) groups is 1. The maximum atomic E-state index is 14.6. The number of carbonyl (C=O) groups excluding carboxylic acids is 1. The minimum Gasteiger partial charge on any atom is -0.392 e. The average Bonchev–Trinajstić information content (AvgIpc) is 3.21. The van der Waals surface area contributed by atoms with Crippen LogP contribution in [-0.4, -0.2) is 42.7 Å². The van der Waals surface area contributed by atoms with Crippen molar-refractivity contribution in [1.29, 1.82) is 0 Å². The summed E-state index contributed by atoms with van der Waals surface area (Å²) in [7, 11) is 0. The van der Waals surface area contributed by atoms with Gasteiger partial charge in [0.15, 0.2) is 17.3 Å². The molecular weight excluding hydrogens is 516 g/mol. The lowest BCUT2D eigenvalue weighted by atomic mass is 9.73. The van der Waals surface area contributed by atoms with Crippen molar-refractivity contribution >= 4 is 46.3 Å². The summed E-state index contributed by atoms with van der Waals surface area (Å²) < 4.78 is 31.1. The van der Waals surface area contributed by atoms with Crippen LogP contribution in [0.2, 0.25) is 5.02 Å². The molecule has 0 radical (unpaired) electrons. The lowest BCUT2D eigenvalue weighted by Gasteiger charge is -2.39. The lowest BCUT2D eigenvalue weighted by molar-refractivity contribution is -0.122. The molecule has 0 saturated heterocycles. The van der Waals surface area contributed by atoms with Crippen molar-refractivity contribution in [1.82, 2.24) is 19.5 Å². The number of aliphatic hydroxyl groups is 1. The van der Waals surface area contributed by atoms with E-state index in [0.717, 1.165) is 25.0 Å². The summed E-state index contributed by atoms with van der Waals surface area (Å²) in [5, 5.41) is 16.6. The Hall–Kier alpha value is -3.05. The number of benzene rings is 1. The Balaban J connectivity index is 1.49. The Morgan fingerprint density at radius 2 is 1.84 bits per heavy atom. The second-order valence-electron chi connectivity index (χ2n) is 11.1. The smallest absolute Gasteiger partial charge is 0.224 e. The van der Waals surface area contributed by atoms with Gasteiger partial charge in [-0.25, -0.2) is 18.7 Å². The van der Waals surface area contributed by atoms with E-state index in [-0.39, 0.29) is 46.0 Å². The number of anilines is 3. The first-order chi connectivity index (χ1) is 18.0. The normalized spacial score (nSPS) is 25.3. The molecule has 204 valence electrons. The number of fused-ring (bicyclic) bond motifs is 1. The minimum atomic E-state index is -0.849. The van der Waals surface area contributed by atoms with Crippen LogP contribution >= 0.6 is 11.6 Å². The van der Waals surface area contributed by atoms with Crippen LogP contribution in [0.25, 0.3) is 11.2 Å². The molecule has 2 aliphatic carbocycles. The molecule has 0 aliphatic heterocycles. The summed E-state index contributed by atoms with van der Waals surface area (Å²) in [5.41, 5.74) is 5.96. The van der Waals surface area contributed by atoms with Crippen molar-refractivity contribution in [2.24, 2.45) is 17.1 Å². The fourth-order valence-corrected chi connectivity index (χ4v) is 5.71. The number of amides is 1. The summed E-state index contributed by atoms with van der Waals surface area (Å²) in [4.78, 5) is 25.4. The molecule has 5 rings (SSSR count). The first kappa shape index (κ1) is 26.6. The van der Waals surface area contributed by atoms with Gasteiger partial charge in [0.1, 0.15) is 11.2 Å². The number of hydrogen-bond donors (Lipinski definition) is 4. The van der Waals surface area contributed by atoms with Crippen LogP contribution in [0.4, 0.5) is 26.4 Å². The van der Waals surface area contributed by atoms with Gasteiger partial charge in [0.2, 0.25) is 17.8 Å². The molecule has 12 heteroatoms. The predicted octanol–water partition coefficient (Wildman–Crippen LogP) is 5.07. The fourth-order valence-electron chi connectivity index (χ4n) is 5.52.